The van der Waals surface area contributed by atoms with Crippen molar-refractivity contribution in [3.05, 3.63) is 15.8 Å². The fourth-order valence-electron chi connectivity index (χ4n) is 2.44. The van der Waals surface area contributed by atoms with Crippen LogP contribution in [0.2, 0.25) is 0 Å². The van der Waals surface area contributed by atoms with Crippen molar-refractivity contribution >= 4 is 27.3 Å². The van der Waals surface area contributed by atoms with Crippen molar-refractivity contribution in [2.45, 2.75) is 44.6 Å². The van der Waals surface area contributed by atoms with Crippen molar-refractivity contribution in [1.82, 2.24) is 4.72 Å². The maximum absolute atomic E-state index is 12.7. The first-order valence-corrected chi connectivity index (χ1v) is 9.33. The summed E-state index contributed by atoms with van der Waals surface area (Å²) in [6.07, 6.45) is 0.597. The highest BCUT2D eigenvalue weighted by Crippen LogP contribution is 2.29. The lowest BCUT2D eigenvalue weighted by molar-refractivity contribution is 0.0602. The molecule has 0 aromatic carbocycles. The van der Waals surface area contributed by atoms with E-state index < -0.39 is 21.5 Å². The fraction of sp³-hybridized carbons (Fsp3) is 0.643. The number of nitrogens with two attached hydrogens (primary N) is 1. The molecule has 1 heterocycles. The van der Waals surface area contributed by atoms with E-state index >= 15 is 0 Å². The first-order valence-electron chi connectivity index (χ1n) is 6.96. The predicted octanol–water partition coefficient (Wildman–Crippen LogP) is 1.88. The van der Waals surface area contributed by atoms with Crippen LogP contribution >= 0.6 is 11.3 Å². The summed E-state index contributed by atoms with van der Waals surface area (Å²) in [5.41, 5.74) is 5.51. The molecule has 0 saturated heterocycles. The maximum atomic E-state index is 12.7. The highest BCUT2D eigenvalue weighted by molar-refractivity contribution is 7.89. The van der Waals surface area contributed by atoms with Crippen LogP contribution in [0.5, 0.6) is 0 Å². The summed E-state index contributed by atoms with van der Waals surface area (Å²) in [7, 11) is -2.64. The van der Waals surface area contributed by atoms with Crippen LogP contribution in [0.3, 0.4) is 0 Å². The normalized spacial score (nSPS) is 14.9. The molecule has 0 amide bonds. The maximum Gasteiger partial charge on any atom is 0.349 e. The Bertz CT molecular complexity index is 637. The van der Waals surface area contributed by atoms with Gasteiger partial charge in [-0.05, 0) is 37.1 Å². The minimum absolute atomic E-state index is 0.0206. The summed E-state index contributed by atoms with van der Waals surface area (Å²) in [5, 5.41) is 1.63. The lowest BCUT2D eigenvalue weighted by Crippen LogP contribution is -2.52. The average Bonchev–Trinajstić information content (AvgIpc) is 2.79. The van der Waals surface area contributed by atoms with Crippen molar-refractivity contribution in [3.63, 3.8) is 0 Å². The molecule has 126 valence electrons. The van der Waals surface area contributed by atoms with Crippen molar-refractivity contribution in [1.29, 1.82) is 0 Å². The van der Waals surface area contributed by atoms with E-state index in [0.717, 1.165) is 11.3 Å². The van der Waals surface area contributed by atoms with Gasteiger partial charge in [0.15, 0.2) is 0 Å². The van der Waals surface area contributed by atoms with E-state index in [-0.39, 0.29) is 22.2 Å². The first-order chi connectivity index (χ1) is 10.1. The van der Waals surface area contributed by atoms with Crippen molar-refractivity contribution in [2.75, 3.05) is 13.7 Å². The van der Waals surface area contributed by atoms with Gasteiger partial charge in [0.05, 0.1) is 7.11 Å². The third-order valence-corrected chi connectivity index (χ3v) is 6.28. The molecule has 8 heteroatoms. The molecule has 0 aliphatic carbocycles. The number of esters is 1. The molecular weight excluding hydrogens is 324 g/mol. The van der Waals surface area contributed by atoms with Gasteiger partial charge in [0.2, 0.25) is 10.0 Å². The van der Waals surface area contributed by atoms with Gasteiger partial charge in [-0.1, -0.05) is 13.8 Å². The van der Waals surface area contributed by atoms with Crippen LogP contribution in [0, 0.1) is 12.8 Å². The fourth-order valence-corrected chi connectivity index (χ4v) is 5.58. The van der Waals surface area contributed by atoms with E-state index in [1.807, 2.05) is 13.8 Å². The number of sulfonamides is 1. The monoisotopic (exact) mass is 348 g/mol. The SMILES string of the molecule is COC(=O)c1scc(C)c1S(=O)(=O)NC(C)(CN)CC(C)C. The van der Waals surface area contributed by atoms with Crippen LogP contribution in [0.25, 0.3) is 0 Å². The zero-order valence-electron chi connectivity index (χ0n) is 13.6. The third kappa shape index (κ3) is 4.28. The molecule has 3 N–H and O–H groups in total. The summed E-state index contributed by atoms with van der Waals surface area (Å²) in [6.45, 7) is 7.58. The molecule has 0 radical (unpaired) electrons. The Morgan fingerprint density at radius 3 is 2.55 bits per heavy atom. The molecule has 1 aromatic heterocycles. The predicted molar refractivity (Wildman–Crippen MR) is 87.6 cm³/mol. The van der Waals surface area contributed by atoms with Gasteiger partial charge in [-0.25, -0.2) is 17.9 Å². The molecule has 1 rings (SSSR count). The van der Waals surface area contributed by atoms with Gasteiger partial charge in [-0.3, -0.25) is 0 Å². The van der Waals surface area contributed by atoms with Crippen LogP contribution < -0.4 is 10.5 Å². The molecule has 0 bridgehead atoms. The summed E-state index contributed by atoms with van der Waals surface area (Å²) in [6, 6.07) is 0. The van der Waals surface area contributed by atoms with Gasteiger partial charge in [0.1, 0.15) is 9.77 Å². The average molecular weight is 348 g/mol. The van der Waals surface area contributed by atoms with Gasteiger partial charge in [0.25, 0.3) is 0 Å². The Morgan fingerprint density at radius 1 is 1.50 bits per heavy atom. The minimum atomic E-state index is -3.87. The van der Waals surface area contributed by atoms with E-state index in [1.54, 1.807) is 19.2 Å². The summed E-state index contributed by atoms with van der Waals surface area (Å²) in [5.74, 6) is -0.378. The van der Waals surface area contributed by atoms with E-state index in [0.29, 0.717) is 12.0 Å². The molecule has 0 fully saturated rings. The summed E-state index contributed by atoms with van der Waals surface area (Å²) < 4.78 is 32.8. The lowest BCUT2D eigenvalue weighted by Gasteiger charge is -2.30. The number of nitrogens with one attached hydrogen (secondary N) is 1. The topological polar surface area (TPSA) is 98.5 Å². The molecule has 0 aliphatic heterocycles. The summed E-state index contributed by atoms with van der Waals surface area (Å²) >= 11 is 1.06. The Hall–Kier alpha value is -0.960. The largest absolute Gasteiger partial charge is 0.465 e. The Balaban J connectivity index is 3.25. The Morgan fingerprint density at radius 2 is 2.09 bits per heavy atom. The molecule has 1 aromatic rings. The molecular formula is C14H24N2O4S2. The Kier molecular flexibility index (Phi) is 6.14. The highest BCUT2D eigenvalue weighted by Gasteiger charge is 2.34. The number of carbonyl (C=O) groups excluding carboxylic acids is 1. The molecule has 1 atom stereocenters. The van der Waals surface area contributed by atoms with Crippen molar-refractivity contribution < 1.29 is 17.9 Å². The zero-order valence-corrected chi connectivity index (χ0v) is 15.2. The van der Waals surface area contributed by atoms with Gasteiger partial charge in [-0.15, -0.1) is 11.3 Å². The lowest BCUT2D eigenvalue weighted by atomic mass is 9.92. The number of ether oxygens (including phenoxy) is 1. The van der Waals surface area contributed by atoms with Gasteiger partial charge < -0.3 is 10.5 Å². The van der Waals surface area contributed by atoms with Crippen LogP contribution in [-0.2, 0) is 14.8 Å². The van der Waals surface area contributed by atoms with Gasteiger partial charge in [0, 0.05) is 12.1 Å². The second-order valence-corrected chi connectivity index (χ2v) is 8.54. The van der Waals surface area contributed by atoms with E-state index in [4.69, 9.17) is 5.73 Å². The first kappa shape index (κ1) is 19.1. The van der Waals surface area contributed by atoms with Crippen LogP contribution in [-0.4, -0.2) is 33.6 Å². The molecule has 1 unspecified atom stereocenters. The second-order valence-electron chi connectivity index (χ2n) is 6.04. The number of hydrogen-bond acceptors (Lipinski definition) is 6. The highest BCUT2D eigenvalue weighted by atomic mass is 32.2. The summed E-state index contributed by atoms with van der Waals surface area (Å²) in [4.78, 5) is 11.8. The van der Waals surface area contributed by atoms with Crippen LogP contribution in [0.1, 0.15) is 42.4 Å². The number of thiophene rings is 1. The molecule has 6 nitrogen and oxygen atoms in total. The standard InChI is InChI=1S/C14H24N2O4S2/c1-9(2)6-14(4,8-15)16-22(18,19)12-10(3)7-21-11(12)13(17)20-5/h7,9,16H,6,8,15H2,1-5H3. The molecule has 0 spiro atoms. The van der Waals surface area contributed by atoms with E-state index in [1.165, 1.54) is 7.11 Å². The molecule has 0 aliphatic rings. The quantitative estimate of drug-likeness (QED) is 0.733. The van der Waals surface area contributed by atoms with Crippen molar-refractivity contribution in [3.8, 4) is 0 Å². The number of rotatable bonds is 7. The molecule has 0 saturated carbocycles. The van der Waals surface area contributed by atoms with Gasteiger partial charge >= 0.3 is 5.97 Å². The smallest absolute Gasteiger partial charge is 0.349 e. The van der Waals surface area contributed by atoms with Crippen LogP contribution in [0.15, 0.2) is 10.3 Å². The number of hydrogen-bond donors (Lipinski definition) is 2. The van der Waals surface area contributed by atoms with Gasteiger partial charge in [-0.2, -0.15) is 0 Å². The van der Waals surface area contributed by atoms with Crippen LogP contribution in [0.4, 0.5) is 0 Å². The third-order valence-electron chi connectivity index (χ3n) is 3.25. The van der Waals surface area contributed by atoms with E-state index in [2.05, 4.69) is 9.46 Å². The second kappa shape index (κ2) is 7.08. The number of carbonyl (C=O) groups is 1. The van der Waals surface area contributed by atoms with E-state index in [9.17, 15) is 13.2 Å². The Labute approximate surface area is 136 Å². The zero-order chi connectivity index (χ0) is 17.1. The number of aryl methyl sites for hydroxylation is 1. The minimum Gasteiger partial charge on any atom is -0.465 e. The van der Waals surface area contributed by atoms with Crippen molar-refractivity contribution in [2.24, 2.45) is 11.7 Å². The molecule has 22 heavy (non-hydrogen) atoms. The number of methoxy groups -OCH3 is 1.